The standard InChI is InChI=1S/C21H17F3N4O4/c1-13-15(12-26-28(13)18-8-7-14(11-25-18)21(22,23)24)19(29)31-10-4-9-27-16-5-2-3-6-17(16)32-20(27)30/h2-3,5-8,11-12H,4,9-10H2,1H3. The van der Waals surface area contributed by atoms with Gasteiger partial charge in [0.15, 0.2) is 11.4 Å². The first-order valence-corrected chi connectivity index (χ1v) is 9.59. The first-order valence-electron chi connectivity index (χ1n) is 9.59. The third-order valence-corrected chi connectivity index (χ3v) is 4.85. The van der Waals surface area contributed by atoms with Crippen molar-refractivity contribution in [2.45, 2.75) is 26.1 Å². The van der Waals surface area contributed by atoms with Gasteiger partial charge in [-0.2, -0.15) is 18.3 Å². The largest absolute Gasteiger partial charge is 0.462 e. The number of rotatable bonds is 6. The van der Waals surface area contributed by atoms with Gasteiger partial charge >= 0.3 is 17.9 Å². The number of benzene rings is 1. The molecule has 0 aliphatic rings. The Kier molecular flexibility index (Phi) is 5.56. The van der Waals surface area contributed by atoms with Crippen molar-refractivity contribution in [3.8, 4) is 5.82 Å². The molecule has 3 aromatic heterocycles. The summed E-state index contributed by atoms with van der Waals surface area (Å²) >= 11 is 0. The number of aryl methyl sites for hydroxylation is 1. The SMILES string of the molecule is Cc1c(C(=O)OCCCn2c(=O)oc3ccccc32)cnn1-c1ccc(C(F)(F)F)cn1. The Labute approximate surface area is 178 Å². The normalized spacial score (nSPS) is 11.8. The maximum atomic E-state index is 12.7. The highest BCUT2D eigenvalue weighted by atomic mass is 19.4. The molecule has 0 atom stereocenters. The summed E-state index contributed by atoms with van der Waals surface area (Å²) in [5.74, 6) is -0.982. The molecule has 0 aliphatic heterocycles. The van der Waals surface area contributed by atoms with Crippen molar-refractivity contribution in [2.75, 3.05) is 6.61 Å². The van der Waals surface area contributed by atoms with Crippen LogP contribution in [0, 0.1) is 6.92 Å². The number of hydrogen-bond donors (Lipinski definition) is 0. The van der Waals surface area contributed by atoms with Crippen LogP contribution in [-0.2, 0) is 17.5 Å². The van der Waals surface area contributed by atoms with Crippen LogP contribution in [0.4, 0.5) is 13.2 Å². The van der Waals surface area contributed by atoms with Gasteiger partial charge in [0.05, 0.1) is 29.6 Å². The lowest BCUT2D eigenvalue weighted by atomic mass is 10.2. The molecule has 0 spiro atoms. The van der Waals surface area contributed by atoms with Gasteiger partial charge in [-0.05, 0) is 37.6 Å². The Hall–Kier alpha value is -3.89. The van der Waals surface area contributed by atoms with Gasteiger partial charge in [0.25, 0.3) is 0 Å². The minimum atomic E-state index is -4.49. The van der Waals surface area contributed by atoms with Gasteiger partial charge in [-0.25, -0.2) is 19.3 Å². The Morgan fingerprint density at radius 3 is 2.66 bits per heavy atom. The molecule has 1 aromatic carbocycles. The van der Waals surface area contributed by atoms with Gasteiger partial charge < -0.3 is 9.15 Å². The fraction of sp³-hybridized carbons (Fsp3) is 0.238. The van der Waals surface area contributed by atoms with Crippen LogP contribution in [0.25, 0.3) is 16.9 Å². The zero-order valence-corrected chi connectivity index (χ0v) is 16.8. The van der Waals surface area contributed by atoms with E-state index in [2.05, 4.69) is 10.1 Å². The molecule has 0 saturated carbocycles. The minimum absolute atomic E-state index is 0.0495. The van der Waals surface area contributed by atoms with Gasteiger partial charge in [-0.3, -0.25) is 4.57 Å². The van der Waals surface area contributed by atoms with Crippen LogP contribution in [0.15, 0.2) is 58.0 Å². The average molecular weight is 446 g/mol. The van der Waals surface area contributed by atoms with Crippen molar-refractivity contribution in [1.82, 2.24) is 19.3 Å². The predicted octanol–water partition coefficient (Wildman–Crippen LogP) is 3.75. The maximum absolute atomic E-state index is 12.7. The number of halogens is 3. The summed E-state index contributed by atoms with van der Waals surface area (Å²) in [4.78, 5) is 28.1. The summed E-state index contributed by atoms with van der Waals surface area (Å²) < 4.78 is 51.2. The lowest BCUT2D eigenvalue weighted by Crippen LogP contribution is -2.16. The van der Waals surface area contributed by atoms with Crippen molar-refractivity contribution in [2.24, 2.45) is 0 Å². The molecule has 166 valence electrons. The number of nitrogens with zero attached hydrogens (tertiary/aromatic N) is 4. The van der Waals surface area contributed by atoms with Crippen LogP contribution in [0.2, 0.25) is 0 Å². The number of ether oxygens (including phenoxy) is 1. The van der Waals surface area contributed by atoms with E-state index in [1.165, 1.54) is 21.5 Å². The average Bonchev–Trinajstić information content (AvgIpc) is 3.30. The van der Waals surface area contributed by atoms with E-state index in [4.69, 9.17) is 9.15 Å². The molecule has 4 rings (SSSR count). The highest BCUT2D eigenvalue weighted by molar-refractivity contribution is 5.90. The fourth-order valence-electron chi connectivity index (χ4n) is 3.21. The van der Waals surface area contributed by atoms with Crippen LogP contribution in [0.5, 0.6) is 0 Å². The second kappa shape index (κ2) is 8.33. The number of alkyl halides is 3. The number of fused-ring (bicyclic) bond motifs is 1. The first-order chi connectivity index (χ1) is 15.3. The van der Waals surface area contributed by atoms with E-state index in [1.54, 1.807) is 31.2 Å². The monoisotopic (exact) mass is 446 g/mol. The number of aromatic nitrogens is 4. The van der Waals surface area contributed by atoms with E-state index < -0.39 is 23.5 Å². The zero-order chi connectivity index (χ0) is 22.9. The molecule has 3 heterocycles. The number of carbonyl (C=O) groups excluding carboxylic acids is 1. The summed E-state index contributed by atoms with van der Waals surface area (Å²) in [6.07, 6.45) is -2.14. The smallest absolute Gasteiger partial charge is 0.419 e. The molecular weight excluding hydrogens is 429 g/mol. The van der Waals surface area contributed by atoms with Crippen LogP contribution < -0.4 is 5.76 Å². The molecule has 0 fully saturated rings. The molecule has 0 bridgehead atoms. The number of pyridine rings is 1. The van der Waals surface area contributed by atoms with E-state index in [9.17, 15) is 22.8 Å². The molecule has 0 radical (unpaired) electrons. The van der Waals surface area contributed by atoms with Crippen molar-refractivity contribution in [1.29, 1.82) is 0 Å². The first kappa shape index (κ1) is 21.3. The number of hydrogen-bond acceptors (Lipinski definition) is 6. The van der Waals surface area contributed by atoms with Gasteiger partial charge in [0, 0.05) is 12.7 Å². The quantitative estimate of drug-likeness (QED) is 0.331. The van der Waals surface area contributed by atoms with Crippen molar-refractivity contribution < 1.29 is 27.1 Å². The number of carbonyl (C=O) groups is 1. The maximum Gasteiger partial charge on any atom is 0.419 e. The van der Waals surface area contributed by atoms with Crippen molar-refractivity contribution >= 4 is 17.1 Å². The molecule has 8 nitrogen and oxygen atoms in total. The molecule has 0 saturated heterocycles. The molecule has 0 aliphatic carbocycles. The summed E-state index contributed by atoms with van der Waals surface area (Å²) in [6.45, 7) is 1.94. The Bertz CT molecular complexity index is 1320. The number of para-hydroxylation sites is 2. The lowest BCUT2D eigenvalue weighted by molar-refractivity contribution is -0.137. The molecule has 0 amide bonds. The second-order valence-electron chi connectivity index (χ2n) is 6.94. The van der Waals surface area contributed by atoms with Crippen molar-refractivity contribution in [3.05, 3.63) is 76.2 Å². The Balaban J connectivity index is 1.39. The number of oxazole rings is 1. The third kappa shape index (κ3) is 4.13. The molecular formula is C21H17F3N4O4. The van der Waals surface area contributed by atoms with E-state index in [1.807, 2.05) is 0 Å². The molecule has 32 heavy (non-hydrogen) atoms. The van der Waals surface area contributed by atoms with Crippen LogP contribution >= 0.6 is 0 Å². The van der Waals surface area contributed by atoms with E-state index in [0.717, 1.165) is 6.07 Å². The minimum Gasteiger partial charge on any atom is -0.462 e. The number of esters is 1. The van der Waals surface area contributed by atoms with Gasteiger partial charge in [0.1, 0.15) is 5.56 Å². The predicted molar refractivity (Wildman–Crippen MR) is 106 cm³/mol. The van der Waals surface area contributed by atoms with Gasteiger partial charge in [-0.15, -0.1) is 0 Å². The van der Waals surface area contributed by atoms with Gasteiger partial charge in [-0.1, -0.05) is 12.1 Å². The fourth-order valence-corrected chi connectivity index (χ4v) is 3.21. The van der Waals surface area contributed by atoms with Crippen molar-refractivity contribution in [3.63, 3.8) is 0 Å². The molecule has 4 aromatic rings. The zero-order valence-electron chi connectivity index (χ0n) is 16.8. The summed E-state index contributed by atoms with van der Waals surface area (Å²) in [6, 6.07) is 9.08. The van der Waals surface area contributed by atoms with Gasteiger partial charge in [0.2, 0.25) is 0 Å². The van der Waals surface area contributed by atoms with E-state index >= 15 is 0 Å². The highest BCUT2D eigenvalue weighted by Crippen LogP contribution is 2.28. The highest BCUT2D eigenvalue weighted by Gasteiger charge is 2.31. The molecule has 0 N–H and O–H groups in total. The van der Waals surface area contributed by atoms with Crippen LogP contribution in [-0.4, -0.2) is 31.9 Å². The van der Waals surface area contributed by atoms with Crippen LogP contribution in [0.3, 0.4) is 0 Å². The van der Waals surface area contributed by atoms with E-state index in [-0.39, 0.29) is 18.0 Å². The van der Waals surface area contributed by atoms with Crippen LogP contribution in [0.1, 0.15) is 28.0 Å². The molecule has 0 unspecified atom stereocenters. The Morgan fingerprint density at radius 1 is 1.16 bits per heavy atom. The van der Waals surface area contributed by atoms with E-state index in [0.29, 0.717) is 36.0 Å². The molecule has 11 heteroatoms. The summed E-state index contributed by atoms with van der Waals surface area (Å²) in [5.41, 5.74) is 0.798. The topological polar surface area (TPSA) is 92.1 Å². The lowest BCUT2D eigenvalue weighted by Gasteiger charge is -2.08. The Morgan fingerprint density at radius 2 is 1.94 bits per heavy atom. The summed E-state index contributed by atoms with van der Waals surface area (Å²) in [5, 5.41) is 4.03. The second-order valence-corrected chi connectivity index (χ2v) is 6.94. The third-order valence-electron chi connectivity index (χ3n) is 4.85. The summed E-state index contributed by atoms with van der Waals surface area (Å²) in [7, 11) is 0.